The summed E-state index contributed by atoms with van der Waals surface area (Å²) >= 11 is 1.67. The van der Waals surface area contributed by atoms with E-state index in [0.717, 1.165) is 76.1 Å². The second kappa shape index (κ2) is 10.2. The molecule has 7 rings (SSSR count). The number of hydrogen-bond donors (Lipinski definition) is 0. The van der Waals surface area contributed by atoms with Crippen molar-refractivity contribution in [2.75, 3.05) is 26.8 Å². The van der Waals surface area contributed by atoms with E-state index in [0.29, 0.717) is 18.1 Å². The molecule has 8 nitrogen and oxygen atoms in total. The molecule has 5 aromatic rings. The molecule has 0 N–H and O–H groups in total. The second-order valence-corrected chi connectivity index (χ2v) is 11.5. The van der Waals surface area contributed by atoms with Crippen molar-refractivity contribution in [3.63, 3.8) is 0 Å². The van der Waals surface area contributed by atoms with E-state index in [1.165, 1.54) is 12.7 Å². The highest BCUT2D eigenvalue weighted by atomic mass is 32.1. The Balaban J connectivity index is 1.05. The molecular formula is C31H30N4O4S. The Morgan fingerprint density at radius 1 is 1.05 bits per heavy atom. The molecule has 0 radical (unpaired) electrons. The number of ether oxygens (including phenoxy) is 3. The normalized spacial score (nSPS) is 17.9. The molecule has 0 spiro atoms. The number of hydrogen-bond acceptors (Lipinski definition) is 8. The quantitative estimate of drug-likeness (QED) is 0.252. The summed E-state index contributed by atoms with van der Waals surface area (Å²) in [6, 6.07) is 20.0. The van der Waals surface area contributed by atoms with E-state index in [2.05, 4.69) is 27.7 Å². The molecule has 9 heteroatoms. The number of imidazole rings is 1. The first-order valence-corrected chi connectivity index (χ1v) is 14.4. The Kier molecular flexibility index (Phi) is 6.40. The number of thiazole rings is 1. The monoisotopic (exact) mass is 554 g/mol. The first kappa shape index (κ1) is 25.0. The van der Waals surface area contributed by atoms with Gasteiger partial charge in [-0.3, -0.25) is 4.90 Å². The molecule has 1 atom stereocenters. The summed E-state index contributed by atoms with van der Waals surface area (Å²) in [7, 11) is 3.41. The maximum absolute atomic E-state index is 12.0. The van der Waals surface area contributed by atoms with Crippen LogP contribution in [-0.4, -0.2) is 52.2 Å². The number of piperidine rings is 1. The minimum atomic E-state index is -0.337. The number of carbonyl (C=O) groups excluding carboxylic acids is 1. The molecule has 204 valence electrons. The molecule has 3 aromatic carbocycles. The molecule has 1 fully saturated rings. The van der Waals surface area contributed by atoms with E-state index in [-0.39, 0.29) is 12.1 Å². The minimum Gasteiger partial charge on any atom is -0.485 e. The van der Waals surface area contributed by atoms with Gasteiger partial charge in [0.15, 0.2) is 17.6 Å². The van der Waals surface area contributed by atoms with Gasteiger partial charge < -0.3 is 18.8 Å². The summed E-state index contributed by atoms with van der Waals surface area (Å²) in [6.45, 7) is 3.16. The van der Waals surface area contributed by atoms with Crippen LogP contribution in [0.15, 0.2) is 60.7 Å². The number of rotatable bonds is 5. The van der Waals surface area contributed by atoms with Crippen LogP contribution in [0.25, 0.3) is 21.3 Å². The largest absolute Gasteiger partial charge is 0.485 e. The van der Waals surface area contributed by atoms with Crippen LogP contribution < -0.4 is 9.47 Å². The molecule has 2 aromatic heterocycles. The number of esters is 1. The highest BCUT2D eigenvalue weighted by molar-refractivity contribution is 7.18. The van der Waals surface area contributed by atoms with Gasteiger partial charge in [-0.15, -0.1) is 11.3 Å². The Labute approximate surface area is 236 Å². The van der Waals surface area contributed by atoms with Gasteiger partial charge in [0, 0.05) is 12.6 Å². The first-order valence-electron chi connectivity index (χ1n) is 13.6. The van der Waals surface area contributed by atoms with Crippen LogP contribution in [0.1, 0.15) is 51.6 Å². The molecule has 1 unspecified atom stereocenters. The first-order chi connectivity index (χ1) is 19.6. The van der Waals surface area contributed by atoms with E-state index in [4.69, 9.17) is 24.2 Å². The molecule has 40 heavy (non-hydrogen) atoms. The van der Waals surface area contributed by atoms with Crippen molar-refractivity contribution in [2.45, 2.75) is 31.4 Å². The average Bonchev–Trinajstić information content (AvgIpc) is 3.57. The van der Waals surface area contributed by atoms with Crippen LogP contribution in [0.5, 0.6) is 11.5 Å². The molecule has 0 bridgehead atoms. The van der Waals surface area contributed by atoms with Gasteiger partial charge in [0.25, 0.3) is 0 Å². The number of fused-ring (bicyclic) bond motifs is 3. The fourth-order valence-corrected chi connectivity index (χ4v) is 6.80. The molecule has 0 amide bonds. The molecule has 4 heterocycles. The third kappa shape index (κ3) is 4.49. The van der Waals surface area contributed by atoms with Crippen molar-refractivity contribution in [1.29, 1.82) is 0 Å². The zero-order valence-electron chi connectivity index (χ0n) is 22.5. The molecule has 2 aliphatic rings. The number of nitrogens with zero attached hydrogens (tertiary/aromatic N) is 4. The Morgan fingerprint density at radius 3 is 2.73 bits per heavy atom. The van der Waals surface area contributed by atoms with Crippen molar-refractivity contribution in [1.82, 2.24) is 19.4 Å². The van der Waals surface area contributed by atoms with Gasteiger partial charge >= 0.3 is 5.97 Å². The van der Waals surface area contributed by atoms with Crippen LogP contribution in [0.4, 0.5) is 0 Å². The summed E-state index contributed by atoms with van der Waals surface area (Å²) in [6.07, 6.45) is 1.85. The van der Waals surface area contributed by atoms with E-state index >= 15 is 0 Å². The summed E-state index contributed by atoms with van der Waals surface area (Å²) in [5.74, 6) is 2.74. The molecule has 0 aliphatic carbocycles. The van der Waals surface area contributed by atoms with Gasteiger partial charge in [-0.25, -0.2) is 14.8 Å². The van der Waals surface area contributed by atoms with E-state index in [1.807, 2.05) is 43.4 Å². The molecule has 0 saturated carbocycles. The minimum absolute atomic E-state index is 0.205. The van der Waals surface area contributed by atoms with Gasteiger partial charge in [-0.1, -0.05) is 24.3 Å². The maximum atomic E-state index is 12.0. The van der Waals surface area contributed by atoms with Crippen LogP contribution in [0, 0.1) is 0 Å². The average molecular weight is 555 g/mol. The lowest BCUT2D eigenvalue weighted by molar-refractivity contribution is 0.0601. The number of aromatic nitrogens is 3. The fraction of sp³-hybridized carbons (Fsp3) is 0.323. The van der Waals surface area contributed by atoms with Gasteiger partial charge in [0.1, 0.15) is 17.4 Å². The number of para-hydroxylation sites is 2. The molecule has 2 aliphatic heterocycles. The smallest absolute Gasteiger partial charge is 0.337 e. The lowest BCUT2D eigenvalue weighted by atomic mass is 9.88. The van der Waals surface area contributed by atoms with E-state index in [9.17, 15) is 4.79 Å². The van der Waals surface area contributed by atoms with Gasteiger partial charge in [-0.05, 0) is 68.2 Å². The number of aryl methyl sites for hydroxylation is 1. The van der Waals surface area contributed by atoms with Crippen LogP contribution in [0.2, 0.25) is 0 Å². The summed E-state index contributed by atoms with van der Waals surface area (Å²) < 4.78 is 20.9. The molecule has 1 saturated heterocycles. The predicted molar refractivity (Wildman–Crippen MR) is 154 cm³/mol. The standard InChI is InChI=1S/C31H30N4O4S/c1-34-24-16-20(31(36)37-2)10-11-22(24)32-28(34)17-35-14-12-19(13-15-35)21-6-5-8-25-29(21)39-26(18-38-25)30-33-23-7-3-4-9-27(23)40-30/h3-11,16,19,26H,12-15,17-18H2,1-2H3. The van der Waals surface area contributed by atoms with Crippen molar-refractivity contribution < 1.29 is 19.0 Å². The number of benzene rings is 3. The highest BCUT2D eigenvalue weighted by Crippen LogP contribution is 2.45. The van der Waals surface area contributed by atoms with Crippen LogP contribution >= 0.6 is 11.3 Å². The van der Waals surface area contributed by atoms with Gasteiger partial charge in [0.05, 0.1) is 40.5 Å². The van der Waals surface area contributed by atoms with Crippen molar-refractivity contribution >= 4 is 38.6 Å². The lowest BCUT2D eigenvalue weighted by Crippen LogP contribution is -2.33. The third-order valence-corrected chi connectivity index (χ3v) is 9.16. The number of likely N-dealkylation sites (tertiary alicyclic amines) is 1. The van der Waals surface area contributed by atoms with Crippen LogP contribution in [-0.2, 0) is 18.3 Å². The van der Waals surface area contributed by atoms with Crippen molar-refractivity contribution in [2.24, 2.45) is 7.05 Å². The SMILES string of the molecule is COC(=O)c1ccc2nc(CN3CCC(c4cccc5c4OC(c4nc6ccccc6s4)CO5)CC3)n(C)c2c1. The Hall–Kier alpha value is -3.95. The van der Waals surface area contributed by atoms with E-state index in [1.54, 1.807) is 17.4 Å². The Bertz CT molecular complexity index is 1690. The topological polar surface area (TPSA) is 78.7 Å². The number of carbonyl (C=O) groups is 1. The van der Waals surface area contributed by atoms with Gasteiger partial charge in [0.2, 0.25) is 0 Å². The van der Waals surface area contributed by atoms with Crippen molar-refractivity contribution in [3.8, 4) is 11.5 Å². The van der Waals surface area contributed by atoms with Gasteiger partial charge in [-0.2, -0.15) is 0 Å². The third-order valence-electron chi connectivity index (χ3n) is 8.03. The Morgan fingerprint density at radius 2 is 1.90 bits per heavy atom. The lowest BCUT2D eigenvalue weighted by Gasteiger charge is -2.34. The zero-order chi connectivity index (χ0) is 27.2. The maximum Gasteiger partial charge on any atom is 0.337 e. The number of methoxy groups -OCH3 is 1. The van der Waals surface area contributed by atoms with Crippen molar-refractivity contribution in [3.05, 3.63) is 82.6 Å². The zero-order valence-corrected chi connectivity index (χ0v) is 23.3. The summed E-state index contributed by atoms with van der Waals surface area (Å²) in [5.41, 5.74) is 4.58. The predicted octanol–water partition coefficient (Wildman–Crippen LogP) is 5.86. The summed E-state index contributed by atoms with van der Waals surface area (Å²) in [4.78, 5) is 24.1. The van der Waals surface area contributed by atoms with E-state index < -0.39 is 0 Å². The second-order valence-electron chi connectivity index (χ2n) is 10.4. The molecular weight excluding hydrogens is 524 g/mol. The summed E-state index contributed by atoms with van der Waals surface area (Å²) in [5, 5.41) is 0.956. The highest BCUT2D eigenvalue weighted by Gasteiger charge is 2.31. The fourth-order valence-electron chi connectivity index (χ4n) is 5.81. The van der Waals surface area contributed by atoms with Crippen LogP contribution in [0.3, 0.4) is 0 Å².